The fourth-order valence-electron chi connectivity index (χ4n) is 1.15. The Hall–Kier alpha value is -1.26. The van der Waals surface area contributed by atoms with E-state index in [0.29, 0.717) is 5.39 Å². The van der Waals surface area contributed by atoms with E-state index in [2.05, 4.69) is 4.98 Å². The molecule has 0 aliphatic carbocycles. The minimum atomic E-state index is -1.61. The van der Waals surface area contributed by atoms with Gasteiger partial charge in [0.05, 0.1) is 1.37 Å². The summed E-state index contributed by atoms with van der Waals surface area (Å²) in [7, 11) is -1.61. The van der Waals surface area contributed by atoms with E-state index in [1.54, 1.807) is 12.1 Å². The lowest BCUT2D eigenvalue weighted by Crippen LogP contribution is -2.30. The lowest BCUT2D eigenvalue weighted by molar-refractivity contribution is 0.424. The lowest BCUT2D eigenvalue weighted by atomic mass is 9.87. The third-order valence-corrected chi connectivity index (χ3v) is 1.72. The van der Waals surface area contributed by atoms with Gasteiger partial charge in [-0.15, -0.1) is 0 Å². The Kier molecular flexibility index (Phi) is 3.21. The highest BCUT2D eigenvalue weighted by Crippen LogP contribution is 2.08. The van der Waals surface area contributed by atoms with Crippen LogP contribution >= 0.6 is 0 Å². The molecule has 1 heterocycles. The fraction of sp³-hybridized carbons (Fsp3) is 0.200. The molecule has 74 valence electrons. The first-order chi connectivity index (χ1) is 7.20. The predicted molar refractivity (Wildman–Crippen MR) is 59.5 cm³/mol. The summed E-state index contributed by atoms with van der Waals surface area (Å²) >= 11 is 0. The lowest BCUT2D eigenvalue weighted by Gasteiger charge is -1.89. The van der Waals surface area contributed by atoms with Crippen LogP contribution in [0.2, 0.25) is 0 Å². The van der Waals surface area contributed by atoms with Gasteiger partial charge in [0.25, 0.3) is 0 Å². The molecule has 3 nitrogen and oxygen atoms in total. The maximum Gasteiger partial charge on any atom is 0.505 e. The van der Waals surface area contributed by atoms with Crippen LogP contribution in [0.3, 0.4) is 0 Å². The molecular weight excluding hydrogens is 177 g/mol. The van der Waals surface area contributed by atoms with Crippen molar-refractivity contribution in [3.63, 3.8) is 0 Å². The summed E-state index contributed by atoms with van der Waals surface area (Å²) in [5.41, 5.74) is 0.886. The van der Waals surface area contributed by atoms with E-state index < -0.39 is 7.12 Å². The molecule has 0 aliphatic rings. The second-order valence-electron chi connectivity index (χ2n) is 2.58. The first kappa shape index (κ1) is 9.31. The molecule has 0 saturated heterocycles. The van der Waals surface area contributed by atoms with Gasteiger partial charge in [-0.25, -0.2) is 0 Å². The van der Waals surface area contributed by atoms with Crippen LogP contribution in [0, 0.1) is 0 Å². The molecule has 1 aromatic carbocycles. The Morgan fingerprint density at radius 3 is 2.50 bits per heavy atom. The van der Waals surface area contributed by atoms with Gasteiger partial charge in [0.2, 0.25) is 0 Å². The summed E-state index contributed by atoms with van der Waals surface area (Å²) in [6.45, 7) is 4.00. The molecule has 0 atom stereocenters. The maximum atomic E-state index is 8.91. The highest BCUT2D eigenvalue weighted by Gasteiger charge is 2.12. The van der Waals surface area contributed by atoms with Gasteiger partial charge in [-0.05, 0) is 17.5 Å². The van der Waals surface area contributed by atoms with Crippen LogP contribution < -0.4 is 5.59 Å². The Bertz CT molecular complexity index is 442. The zero-order valence-corrected chi connectivity index (χ0v) is 8.28. The smallest absolute Gasteiger partial charge is 0.422 e. The van der Waals surface area contributed by atoms with E-state index >= 15 is 0 Å². The molecule has 0 aliphatic heterocycles. The number of rotatable bonds is 1. The van der Waals surface area contributed by atoms with E-state index in [1.807, 2.05) is 26.0 Å². The maximum absolute atomic E-state index is 8.91. The number of H-pyrrole nitrogens is 1. The van der Waals surface area contributed by atoms with Gasteiger partial charge in [-0.2, -0.15) is 0 Å². The van der Waals surface area contributed by atoms with Crippen LogP contribution in [0.1, 0.15) is 15.2 Å². The van der Waals surface area contributed by atoms with Crippen LogP contribution in [-0.2, 0) is 0 Å². The first-order valence-corrected chi connectivity index (χ1v) is 4.63. The molecule has 14 heavy (non-hydrogen) atoms. The van der Waals surface area contributed by atoms with Gasteiger partial charge in [0.15, 0.2) is 0 Å². The number of aromatic amines is 1. The molecule has 1 aromatic heterocycles. The summed E-state index contributed by atoms with van der Waals surface area (Å²) in [6.07, 6.45) is 0. The van der Waals surface area contributed by atoms with Gasteiger partial charge in [-0.3, -0.25) is 0 Å². The van der Waals surface area contributed by atoms with Crippen molar-refractivity contribution in [3.05, 3.63) is 30.3 Å². The van der Waals surface area contributed by atoms with Crippen molar-refractivity contribution in [2.24, 2.45) is 0 Å². The van der Waals surface area contributed by atoms with E-state index in [-0.39, 0.29) is 11.6 Å². The molecule has 0 saturated carbocycles. The normalized spacial score (nSPS) is 10.4. The van der Waals surface area contributed by atoms with Crippen LogP contribution in [0.5, 0.6) is 0 Å². The average Bonchev–Trinajstić information content (AvgIpc) is 2.60. The van der Waals surface area contributed by atoms with Crippen LogP contribution in [0.15, 0.2) is 30.3 Å². The topological polar surface area (TPSA) is 56.2 Å². The standard InChI is InChI=1S/C8H8BNO2.C2H6/c11-9(12)8-5-6-3-1-2-4-7(6)10-8;1-2/h1-5,10-12H;1-2H3/i5T;. The minimum Gasteiger partial charge on any atom is -0.422 e. The molecule has 2 rings (SSSR count). The summed E-state index contributed by atoms with van der Waals surface area (Å²) in [5, 5.41) is 18.5. The molecule has 4 heteroatoms. The Labute approximate surface area is 84.9 Å². The number of fused-ring (bicyclic) bond motifs is 1. The minimum absolute atomic E-state index is 0.140. The largest absolute Gasteiger partial charge is 0.505 e. The summed E-state index contributed by atoms with van der Waals surface area (Å²) < 4.78 is 7.60. The zero-order chi connectivity index (χ0) is 11.4. The Balaban J connectivity index is 0.000000531. The molecule has 2 aromatic rings. The predicted octanol–water partition coefficient (Wildman–Crippen LogP) is 0.874. The van der Waals surface area contributed by atoms with Gasteiger partial charge < -0.3 is 15.0 Å². The van der Waals surface area contributed by atoms with E-state index in [4.69, 9.17) is 11.4 Å². The van der Waals surface area contributed by atoms with Gasteiger partial charge >= 0.3 is 7.12 Å². The fourth-order valence-corrected chi connectivity index (χ4v) is 1.15. The molecule has 3 N–H and O–H groups in total. The van der Waals surface area contributed by atoms with Crippen molar-refractivity contribution in [3.8, 4) is 0 Å². The third-order valence-electron chi connectivity index (χ3n) is 1.72. The van der Waals surface area contributed by atoms with Crippen molar-refractivity contribution in [2.45, 2.75) is 13.8 Å². The first-order valence-electron chi connectivity index (χ1n) is 5.13. The molecule has 0 bridgehead atoms. The number of hydrogen-bond donors (Lipinski definition) is 3. The highest BCUT2D eigenvalue weighted by atomic mass is 16.4. The van der Waals surface area contributed by atoms with Gasteiger partial charge in [-0.1, -0.05) is 32.0 Å². The third kappa shape index (κ3) is 2.16. The van der Waals surface area contributed by atoms with E-state index in [0.717, 1.165) is 5.52 Å². The molecule has 0 fully saturated rings. The number of hydrogen-bond acceptors (Lipinski definition) is 2. The van der Waals surface area contributed by atoms with Crippen molar-refractivity contribution >= 4 is 23.6 Å². The molecule has 0 unspecified atom stereocenters. The highest BCUT2D eigenvalue weighted by molar-refractivity contribution is 6.58. The zero-order valence-electron chi connectivity index (χ0n) is 9.28. The number of nitrogens with one attached hydrogen (secondary N) is 1. The molecule has 0 amide bonds. The van der Waals surface area contributed by atoms with Crippen LogP contribution in [0.4, 0.5) is 0 Å². The summed E-state index contributed by atoms with van der Waals surface area (Å²) in [5.74, 6) is 0. The van der Waals surface area contributed by atoms with E-state index in [9.17, 15) is 0 Å². The monoisotopic (exact) mass is 193 g/mol. The Morgan fingerprint density at radius 2 is 1.93 bits per heavy atom. The Morgan fingerprint density at radius 1 is 1.29 bits per heavy atom. The van der Waals surface area contributed by atoms with Crippen molar-refractivity contribution in [1.82, 2.24) is 4.98 Å². The van der Waals surface area contributed by atoms with E-state index in [1.165, 1.54) is 0 Å². The molecule has 0 spiro atoms. The van der Waals surface area contributed by atoms with Crippen molar-refractivity contribution in [1.29, 1.82) is 0 Å². The molecule has 0 radical (unpaired) electrons. The van der Waals surface area contributed by atoms with Crippen LogP contribution in [0.25, 0.3) is 10.9 Å². The number of para-hydroxylation sites is 1. The van der Waals surface area contributed by atoms with Crippen molar-refractivity contribution in [2.75, 3.05) is 0 Å². The van der Waals surface area contributed by atoms with Crippen LogP contribution in [-0.4, -0.2) is 22.2 Å². The summed E-state index contributed by atoms with van der Waals surface area (Å²) in [4.78, 5) is 2.78. The number of aromatic nitrogens is 1. The average molecular weight is 193 g/mol. The van der Waals surface area contributed by atoms with Gasteiger partial charge in [0.1, 0.15) is 0 Å². The quantitative estimate of drug-likeness (QED) is 0.588. The molecular formula is C10H14BNO2. The summed E-state index contributed by atoms with van der Waals surface area (Å²) in [6, 6.07) is 7.33. The SMILES string of the molecule is CC.[3H]c1c(B(O)O)[nH]c2ccccc12. The van der Waals surface area contributed by atoms with Gasteiger partial charge in [0, 0.05) is 11.1 Å². The number of benzene rings is 1. The second kappa shape index (κ2) is 4.84. The second-order valence-corrected chi connectivity index (χ2v) is 2.58. The van der Waals surface area contributed by atoms with Crippen molar-refractivity contribution < 1.29 is 11.4 Å².